The molecule has 1 aliphatic carbocycles. The largest absolute Gasteiger partial charge is 0.390 e. The highest BCUT2D eigenvalue weighted by atomic mass is 19.1. The quantitative estimate of drug-likeness (QED) is 0.427. The van der Waals surface area contributed by atoms with E-state index in [0.29, 0.717) is 12.1 Å². The summed E-state index contributed by atoms with van der Waals surface area (Å²) < 4.78 is 13.8. The summed E-state index contributed by atoms with van der Waals surface area (Å²) in [5.41, 5.74) is 1.72. The van der Waals surface area contributed by atoms with Gasteiger partial charge in [0.25, 0.3) is 0 Å². The second-order valence-corrected chi connectivity index (χ2v) is 10.4. The van der Waals surface area contributed by atoms with Gasteiger partial charge in [0, 0.05) is 36.1 Å². The van der Waals surface area contributed by atoms with Crippen LogP contribution in [-0.4, -0.2) is 77.2 Å². The van der Waals surface area contributed by atoms with Crippen molar-refractivity contribution in [3.05, 3.63) is 35.8 Å². The SMILES string of the molecule is CNC(C)C(=O)NC(C(=O)N1C[C@@H](O)C2NCC(c3c[nH]c4cc(F)ccc34)C21)C1CCCCC1. The van der Waals surface area contributed by atoms with Crippen LogP contribution in [0.3, 0.4) is 0 Å². The summed E-state index contributed by atoms with van der Waals surface area (Å²) >= 11 is 0. The van der Waals surface area contributed by atoms with Crippen LogP contribution in [0.1, 0.15) is 50.5 Å². The Bertz CT molecular complexity index is 1080. The van der Waals surface area contributed by atoms with E-state index in [4.69, 9.17) is 0 Å². The molecule has 5 unspecified atom stereocenters. The zero-order chi connectivity index (χ0) is 24.7. The summed E-state index contributed by atoms with van der Waals surface area (Å²) in [4.78, 5) is 31.9. The van der Waals surface area contributed by atoms with Gasteiger partial charge in [-0.3, -0.25) is 9.59 Å². The van der Waals surface area contributed by atoms with Gasteiger partial charge in [0.1, 0.15) is 11.9 Å². The monoisotopic (exact) mass is 485 g/mol. The molecule has 3 fully saturated rings. The number of amides is 2. The van der Waals surface area contributed by atoms with Crippen molar-refractivity contribution < 1.29 is 19.1 Å². The Labute approximate surface area is 205 Å². The third-order valence-electron chi connectivity index (χ3n) is 8.38. The van der Waals surface area contributed by atoms with Gasteiger partial charge in [-0.15, -0.1) is 0 Å². The average molecular weight is 486 g/mol. The number of rotatable bonds is 6. The molecule has 2 saturated heterocycles. The number of carbonyl (C=O) groups excluding carboxylic acids is 2. The summed E-state index contributed by atoms with van der Waals surface area (Å²) in [6.45, 7) is 2.62. The number of nitrogens with one attached hydrogen (secondary N) is 4. The molecule has 2 aromatic rings. The molecule has 8 nitrogen and oxygen atoms in total. The topological polar surface area (TPSA) is 109 Å². The minimum atomic E-state index is -0.685. The van der Waals surface area contributed by atoms with Crippen LogP contribution in [0.5, 0.6) is 0 Å². The van der Waals surface area contributed by atoms with E-state index in [1.165, 1.54) is 12.1 Å². The maximum absolute atomic E-state index is 14.1. The summed E-state index contributed by atoms with van der Waals surface area (Å²) in [6.07, 6.45) is 6.28. The first kappa shape index (κ1) is 24.2. The van der Waals surface area contributed by atoms with E-state index in [-0.39, 0.29) is 48.1 Å². The van der Waals surface area contributed by atoms with E-state index in [1.807, 2.05) is 6.20 Å². The lowest BCUT2D eigenvalue weighted by atomic mass is 9.82. The number of aromatic amines is 1. The van der Waals surface area contributed by atoms with Crippen molar-refractivity contribution in [1.82, 2.24) is 25.8 Å². The smallest absolute Gasteiger partial charge is 0.245 e. The standard InChI is InChI=1S/C26H36FN5O3/c1-14(28-2)25(34)31-22(15-6-4-3-5-7-15)26(35)32-13-21(33)23-24(32)19(12-30-23)18-11-29-20-10-16(27)8-9-17(18)20/h8-11,14-15,19,21-24,28-30,33H,3-7,12-13H2,1-2H3,(H,31,34)/t14?,19?,21-,22?,23?,24?/m1/s1. The van der Waals surface area contributed by atoms with Crippen molar-refractivity contribution in [2.24, 2.45) is 5.92 Å². The Kier molecular flexibility index (Phi) is 6.83. The van der Waals surface area contributed by atoms with Gasteiger partial charge < -0.3 is 30.9 Å². The number of likely N-dealkylation sites (tertiary alicyclic amines) is 1. The molecular formula is C26H36FN5O3. The zero-order valence-corrected chi connectivity index (χ0v) is 20.4. The minimum absolute atomic E-state index is 0.0562. The second-order valence-electron chi connectivity index (χ2n) is 10.4. The van der Waals surface area contributed by atoms with Gasteiger partial charge in [0.15, 0.2) is 0 Å². The van der Waals surface area contributed by atoms with Crippen molar-refractivity contribution in [2.45, 2.75) is 75.2 Å². The van der Waals surface area contributed by atoms with Crippen LogP contribution < -0.4 is 16.0 Å². The first-order valence-corrected chi connectivity index (χ1v) is 12.8. The van der Waals surface area contributed by atoms with Crippen molar-refractivity contribution in [3.8, 4) is 0 Å². The lowest BCUT2D eigenvalue weighted by Crippen LogP contribution is -2.57. The fourth-order valence-electron chi connectivity index (χ4n) is 6.36. The number of hydrogen-bond donors (Lipinski definition) is 5. The number of benzene rings is 1. The van der Waals surface area contributed by atoms with E-state index in [0.717, 1.165) is 43.1 Å². The van der Waals surface area contributed by atoms with E-state index in [2.05, 4.69) is 20.9 Å². The number of carbonyl (C=O) groups is 2. The lowest BCUT2D eigenvalue weighted by molar-refractivity contribution is -0.140. The van der Waals surface area contributed by atoms with E-state index >= 15 is 0 Å². The number of likely N-dealkylation sites (N-methyl/N-ethyl adjacent to an activating group) is 1. The Morgan fingerprint density at radius 2 is 2.00 bits per heavy atom. The van der Waals surface area contributed by atoms with Gasteiger partial charge in [-0.1, -0.05) is 19.3 Å². The number of aromatic nitrogens is 1. The molecular weight excluding hydrogens is 449 g/mol. The lowest BCUT2D eigenvalue weighted by Gasteiger charge is -2.36. The molecule has 5 rings (SSSR count). The molecule has 0 spiro atoms. The van der Waals surface area contributed by atoms with Crippen LogP contribution in [0.15, 0.2) is 24.4 Å². The van der Waals surface area contributed by atoms with Crippen LogP contribution in [0.4, 0.5) is 4.39 Å². The average Bonchev–Trinajstić information content (AvgIpc) is 3.56. The van der Waals surface area contributed by atoms with Gasteiger partial charge in [0.2, 0.25) is 11.8 Å². The number of aliphatic hydroxyl groups is 1. The molecule has 1 aromatic carbocycles. The molecule has 5 N–H and O–H groups in total. The third kappa shape index (κ3) is 4.45. The molecule has 6 atom stereocenters. The van der Waals surface area contributed by atoms with E-state index < -0.39 is 18.2 Å². The molecule has 9 heteroatoms. The Balaban J connectivity index is 1.45. The first-order valence-electron chi connectivity index (χ1n) is 12.8. The Morgan fingerprint density at radius 1 is 1.23 bits per heavy atom. The molecule has 0 bridgehead atoms. The number of hydrogen-bond acceptors (Lipinski definition) is 5. The van der Waals surface area contributed by atoms with Gasteiger partial charge >= 0.3 is 0 Å². The maximum atomic E-state index is 14.1. The summed E-state index contributed by atoms with van der Waals surface area (Å²) in [5.74, 6) is -0.570. The van der Waals surface area contributed by atoms with Crippen LogP contribution in [0.2, 0.25) is 0 Å². The van der Waals surface area contributed by atoms with Gasteiger partial charge in [-0.05, 0) is 56.5 Å². The molecule has 1 aromatic heterocycles. The number of nitrogens with zero attached hydrogens (tertiary/aromatic N) is 1. The molecule has 190 valence electrons. The van der Waals surface area contributed by atoms with Crippen molar-refractivity contribution >= 4 is 22.7 Å². The van der Waals surface area contributed by atoms with Crippen LogP contribution in [0, 0.1) is 11.7 Å². The molecule has 3 aliphatic rings. The predicted octanol–water partition coefficient (Wildman–Crippen LogP) is 1.61. The fourth-order valence-corrected chi connectivity index (χ4v) is 6.36. The van der Waals surface area contributed by atoms with Crippen molar-refractivity contribution in [2.75, 3.05) is 20.1 Å². The van der Waals surface area contributed by atoms with Crippen molar-refractivity contribution in [1.29, 1.82) is 0 Å². The molecule has 3 heterocycles. The highest BCUT2D eigenvalue weighted by molar-refractivity contribution is 5.90. The predicted molar refractivity (Wildman–Crippen MR) is 131 cm³/mol. The molecule has 0 radical (unpaired) electrons. The highest BCUT2D eigenvalue weighted by Gasteiger charge is 2.53. The van der Waals surface area contributed by atoms with Crippen LogP contribution in [0.25, 0.3) is 10.9 Å². The number of H-pyrrole nitrogens is 1. The minimum Gasteiger partial charge on any atom is -0.390 e. The summed E-state index contributed by atoms with van der Waals surface area (Å²) in [5, 5.41) is 21.2. The van der Waals surface area contributed by atoms with Gasteiger partial charge in [-0.25, -0.2) is 4.39 Å². The highest BCUT2D eigenvalue weighted by Crippen LogP contribution is 2.40. The molecule has 35 heavy (non-hydrogen) atoms. The normalized spacial score (nSPS) is 28.7. The number of halogens is 1. The van der Waals surface area contributed by atoms with Crippen molar-refractivity contribution in [3.63, 3.8) is 0 Å². The molecule has 2 aliphatic heterocycles. The van der Waals surface area contributed by atoms with Gasteiger partial charge in [-0.2, -0.15) is 0 Å². The molecule has 2 amide bonds. The number of fused-ring (bicyclic) bond motifs is 2. The fraction of sp³-hybridized carbons (Fsp3) is 0.615. The zero-order valence-electron chi connectivity index (χ0n) is 20.4. The maximum Gasteiger partial charge on any atom is 0.245 e. The Morgan fingerprint density at radius 3 is 2.74 bits per heavy atom. The van der Waals surface area contributed by atoms with Gasteiger partial charge in [0.05, 0.1) is 24.2 Å². The third-order valence-corrected chi connectivity index (χ3v) is 8.38. The number of β-amino-alcohol motifs (C(OH)–C–C–N with tert-alkyl or cyclic N) is 1. The van der Waals surface area contributed by atoms with E-state index in [1.54, 1.807) is 24.9 Å². The summed E-state index contributed by atoms with van der Waals surface area (Å²) in [6, 6.07) is 3.19. The number of aliphatic hydroxyl groups excluding tert-OH is 1. The summed E-state index contributed by atoms with van der Waals surface area (Å²) in [7, 11) is 1.73. The molecule has 1 saturated carbocycles. The van der Waals surface area contributed by atoms with Crippen LogP contribution in [-0.2, 0) is 9.59 Å². The first-order chi connectivity index (χ1) is 16.9. The van der Waals surface area contributed by atoms with E-state index in [9.17, 15) is 19.1 Å². The van der Waals surface area contributed by atoms with Crippen LogP contribution >= 0.6 is 0 Å². The Hall–Kier alpha value is -2.49. The second kappa shape index (κ2) is 9.87.